The number of hydrogen-bond acceptors (Lipinski definition) is 9. The minimum Gasteiger partial charge on any atom is -0.495 e. The van der Waals surface area contributed by atoms with Crippen LogP contribution < -0.4 is 15.4 Å². The number of aromatic nitrogens is 2. The van der Waals surface area contributed by atoms with Gasteiger partial charge in [0.25, 0.3) is 5.91 Å². The van der Waals surface area contributed by atoms with Gasteiger partial charge in [-0.25, -0.2) is 4.98 Å². The molecule has 0 atom stereocenters. The largest absolute Gasteiger partial charge is 0.495 e. The predicted octanol–water partition coefficient (Wildman–Crippen LogP) is 1.79. The van der Waals surface area contributed by atoms with Crippen LogP contribution >= 0.6 is 0 Å². The van der Waals surface area contributed by atoms with Crippen molar-refractivity contribution in [3.05, 3.63) is 46.5 Å². The van der Waals surface area contributed by atoms with Gasteiger partial charge in [0.2, 0.25) is 0 Å². The minimum atomic E-state index is -0.540. The highest BCUT2D eigenvalue weighted by atomic mass is 16.5. The first-order valence-electron chi connectivity index (χ1n) is 14.8. The molecule has 3 aliphatic rings. The highest BCUT2D eigenvalue weighted by Gasteiger charge is 2.28. The molecule has 0 spiro atoms. The van der Waals surface area contributed by atoms with Gasteiger partial charge in [0.05, 0.1) is 43.1 Å². The number of benzene rings is 1. The molecule has 1 aromatic heterocycles. The standard InChI is InChI=1S/C30H45N7O3/c1-4-24-26(21-35-15-17-40-18-16-35)32-25(29(33-24)30(31)38)19-22-5-6-27(28(20-22)39-3)37-9-7-23(8-10-37)36-13-11-34(2)12-14-36/h5-6,20,23H,4,7-19,21H2,1-3H3,(H2,31,38). The van der Waals surface area contributed by atoms with Crippen LogP contribution in [0.5, 0.6) is 5.75 Å². The van der Waals surface area contributed by atoms with Gasteiger partial charge in [-0.15, -0.1) is 0 Å². The quantitative estimate of drug-likeness (QED) is 0.500. The van der Waals surface area contributed by atoms with E-state index < -0.39 is 5.91 Å². The van der Waals surface area contributed by atoms with E-state index in [1.54, 1.807) is 7.11 Å². The Kier molecular flexibility index (Phi) is 9.52. The van der Waals surface area contributed by atoms with Crippen LogP contribution in [-0.2, 0) is 24.1 Å². The van der Waals surface area contributed by atoms with Gasteiger partial charge >= 0.3 is 0 Å². The average molecular weight is 552 g/mol. The van der Waals surface area contributed by atoms with Gasteiger partial charge in [0, 0.05) is 71.4 Å². The lowest BCUT2D eigenvalue weighted by Crippen LogP contribution is -2.52. The second kappa shape index (κ2) is 13.2. The summed E-state index contributed by atoms with van der Waals surface area (Å²) in [5, 5.41) is 0. The third-order valence-electron chi connectivity index (χ3n) is 8.64. The average Bonchev–Trinajstić information content (AvgIpc) is 2.98. The van der Waals surface area contributed by atoms with Crippen molar-refractivity contribution in [3.8, 4) is 5.75 Å². The topological polar surface area (TPSA) is 100 Å². The number of piperidine rings is 1. The fourth-order valence-electron chi connectivity index (χ4n) is 6.19. The number of rotatable bonds is 9. The SMILES string of the molecule is CCc1nc(C(N)=O)c(Cc2ccc(N3CCC(N4CCN(C)CC4)CC3)c(OC)c2)nc1CN1CCOCC1. The Labute approximate surface area is 238 Å². The Morgan fingerprint density at radius 1 is 1.00 bits per heavy atom. The van der Waals surface area contributed by atoms with E-state index in [0.717, 1.165) is 80.9 Å². The van der Waals surface area contributed by atoms with Crippen molar-refractivity contribution in [1.82, 2.24) is 24.7 Å². The first-order valence-corrected chi connectivity index (χ1v) is 14.8. The van der Waals surface area contributed by atoms with Crippen LogP contribution in [0.2, 0.25) is 0 Å². The summed E-state index contributed by atoms with van der Waals surface area (Å²) >= 11 is 0. The Balaban J connectivity index is 1.31. The number of amides is 1. The normalized spacial score (nSPS) is 20.1. The number of carbonyl (C=O) groups excluding carboxylic acids is 1. The van der Waals surface area contributed by atoms with Crippen molar-refractivity contribution < 1.29 is 14.3 Å². The molecule has 4 heterocycles. The molecule has 10 nitrogen and oxygen atoms in total. The predicted molar refractivity (Wildman–Crippen MR) is 156 cm³/mol. The molecular weight excluding hydrogens is 506 g/mol. The maximum atomic E-state index is 12.4. The van der Waals surface area contributed by atoms with Crippen LogP contribution in [0, 0.1) is 0 Å². The van der Waals surface area contributed by atoms with Crippen molar-refractivity contribution in [2.75, 3.05) is 84.6 Å². The molecule has 0 bridgehead atoms. The van der Waals surface area contributed by atoms with Crippen LogP contribution in [0.4, 0.5) is 5.69 Å². The number of hydrogen-bond donors (Lipinski definition) is 1. The molecule has 218 valence electrons. The maximum Gasteiger partial charge on any atom is 0.269 e. The first kappa shape index (κ1) is 28.7. The van der Waals surface area contributed by atoms with Gasteiger partial charge in [-0.1, -0.05) is 13.0 Å². The molecule has 3 fully saturated rings. The van der Waals surface area contributed by atoms with Crippen molar-refractivity contribution in [2.45, 2.75) is 45.2 Å². The first-order chi connectivity index (χ1) is 19.4. The van der Waals surface area contributed by atoms with Crippen molar-refractivity contribution >= 4 is 11.6 Å². The van der Waals surface area contributed by atoms with Gasteiger partial charge in [0.1, 0.15) is 11.4 Å². The fourth-order valence-corrected chi connectivity index (χ4v) is 6.19. The molecule has 1 aromatic carbocycles. The molecule has 10 heteroatoms. The van der Waals surface area contributed by atoms with Crippen LogP contribution in [-0.4, -0.2) is 116 Å². The Morgan fingerprint density at radius 3 is 2.38 bits per heavy atom. The molecule has 0 unspecified atom stereocenters. The van der Waals surface area contributed by atoms with Gasteiger partial charge < -0.3 is 25.0 Å². The highest BCUT2D eigenvalue weighted by Crippen LogP contribution is 2.33. The molecule has 0 aliphatic carbocycles. The van der Waals surface area contributed by atoms with Crippen molar-refractivity contribution in [3.63, 3.8) is 0 Å². The highest BCUT2D eigenvalue weighted by molar-refractivity contribution is 5.92. The van der Waals surface area contributed by atoms with E-state index in [1.807, 2.05) is 6.92 Å². The monoisotopic (exact) mass is 551 g/mol. The zero-order chi connectivity index (χ0) is 28.1. The molecule has 2 aromatic rings. The second-order valence-electron chi connectivity index (χ2n) is 11.3. The van der Waals surface area contributed by atoms with Crippen molar-refractivity contribution in [1.29, 1.82) is 0 Å². The zero-order valence-electron chi connectivity index (χ0n) is 24.4. The number of nitrogens with zero attached hydrogens (tertiary/aromatic N) is 6. The van der Waals surface area contributed by atoms with E-state index in [0.29, 0.717) is 31.1 Å². The van der Waals surface area contributed by atoms with E-state index in [-0.39, 0.29) is 5.69 Å². The van der Waals surface area contributed by atoms with Crippen molar-refractivity contribution in [2.24, 2.45) is 5.73 Å². The number of piperazine rings is 1. The maximum absolute atomic E-state index is 12.4. The number of morpholine rings is 1. The van der Waals surface area contributed by atoms with Crippen LogP contribution in [0.25, 0.3) is 0 Å². The summed E-state index contributed by atoms with van der Waals surface area (Å²) < 4.78 is 11.4. The van der Waals surface area contributed by atoms with E-state index >= 15 is 0 Å². The van der Waals surface area contributed by atoms with Crippen LogP contribution in [0.1, 0.15) is 52.9 Å². The molecule has 0 saturated carbocycles. The second-order valence-corrected chi connectivity index (χ2v) is 11.3. The van der Waals surface area contributed by atoms with E-state index in [9.17, 15) is 4.79 Å². The third-order valence-corrected chi connectivity index (χ3v) is 8.64. The number of methoxy groups -OCH3 is 1. The molecule has 1 amide bonds. The summed E-state index contributed by atoms with van der Waals surface area (Å²) in [5.74, 6) is 0.310. The number of likely N-dealkylation sites (N-methyl/N-ethyl adjacent to an activating group) is 1. The molecule has 2 N–H and O–H groups in total. The fraction of sp³-hybridized carbons (Fsp3) is 0.633. The van der Waals surface area contributed by atoms with Gasteiger partial charge in [-0.2, -0.15) is 0 Å². The number of aryl methyl sites for hydroxylation is 1. The Hall–Kier alpha value is -2.79. The number of ether oxygens (including phenoxy) is 2. The third kappa shape index (κ3) is 6.74. The molecular formula is C30H45N7O3. The van der Waals surface area contributed by atoms with Crippen LogP contribution in [0.3, 0.4) is 0 Å². The Morgan fingerprint density at radius 2 is 1.73 bits per heavy atom. The molecule has 40 heavy (non-hydrogen) atoms. The van der Waals surface area contributed by atoms with Gasteiger partial charge in [-0.05, 0) is 44.0 Å². The molecule has 3 aliphatic heterocycles. The summed E-state index contributed by atoms with van der Waals surface area (Å²) in [6, 6.07) is 7.01. The van der Waals surface area contributed by atoms with E-state index in [2.05, 4.69) is 44.8 Å². The van der Waals surface area contributed by atoms with E-state index in [4.69, 9.17) is 25.2 Å². The minimum absolute atomic E-state index is 0.261. The lowest BCUT2D eigenvalue weighted by molar-refractivity contribution is 0.0334. The summed E-state index contributed by atoms with van der Waals surface area (Å²) in [7, 11) is 3.94. The smallest absolute Gasteiger partial charge is 0.269 e. The number of primary amides is 1. The Bertz CT molecular complexity index is 1150. The summed E-state index contributed by atoms with van der Waals surface area (Å²) in [5.41, 5.74) is 10.5. The van der Waals surface area contributed by atoms with Gasteiger partial charge in [0.15, 0.2) is 0 Å². The summed E-state index contributed by atoms with van der Waals surface area (Å²) in [6.07, 6.45) is 3.50. The molecule has 3 saturated heterocycles. The number of carbonyl (C=O) groups is 1. The summed E-state index contributed by atoms with van der Waals surface area (Å²) in [4.78, 5) is 31.9. The summed E-state index contributed by atoms with van der Waals surface area (Å²) in [6.45, 7) is 12.6. The zero-order valence-corrected chi connectivity index (χ0v) is 24.4. The van der Waals surface area contributed by atoms with Gasteiger partial charge in [-0.3, -0.25) is 19.6 Å². The molecule has 5 rings (SSSR count). The lowest BCUT2D eigenvalue weighted by atomic mass is 10.0. The number of anilines is 1. The lowest BCUT2D eigenvalue weighted by Gasteiger charge is -2.42. The number of nitrogens with two attached hydrogens (primary N) is 1. The van der Waals surface area contributed by atoms with Crippen LogP contribution in [0.15, 0.2) is 18.2 Å². The van der Waals surface area contributed by atoms with E-state index in [1.165, 1.54) is 25.9 Å². The molecule has 0 radical (unpaired) electrons.